The van der Waals surface area contributed by atoms with E-state index in [0.717, 1.165) is 59.1 Å². The van der Waals surface area contributed by atoms with E-state index in [4.69, 9.17) is 0 Å². The number of carbonyl (C=O) groups is 1. The summed E-state index contributed by atoms with van der Waals surface area (Å²) in [6.45, 7) is 7.12. The minimum Gasteiger partial charge on any atom is -0.324 e. The van der Waals surface area contributed by atoms with E-state index >= 15 is 0 Å². The number of H-pyrrole nitrogens is 1. The van der Waals surface area contributed by atoms with Gasteiger partial charge in [0.15, 0.2) is 5.82 Å². The standard InChI is InChI=1S/C19H23N7O/c1-11-12(2)21-17-9-15(6-7-16(17)20-11)23-19(27)26-8-4-5-14(10-26)18-22-13(3)24-25-18/h6-7,9,14H,4-5,8,10H2,1-3H3,(H,23,27)(H,22,24,25). The maximum absolute atomic E-state index is 12.7. The Labute approximate surface area is 157 Å². The number of carbonyl (C=O) groups excluding carboxylic acids is 1. The highest BCUT2D eigenvalue weighted by Gasteiger charge is 2.27. The fourth-order valence-electron chi connectivity index (χ4n) is 3.43. The van der Waals surface area contributed by atoms with Crippen LogP contribution in [0, 0.1) is 20.8 Å². The number of hydrogen-bond acceptors (Lipinski definition) is 5. The number of rotatable bonds is 2. The number of nitrogens with one attached hydrogen (secondary N) is 2. The van der Waals surface area contributed by atoms with Crippen molar-refractivity contribution in [3.63, 3.8) is 0 Å². The van der Waals surface area contributed by atoms with Crippen molar-refractivity contribution < 1.29 is 4.79 Å². The molecular formula is C19H23N7O. The summed E-state index contributed by atoms with van der Waals surface area (Å²) in [7, 11) is 0. The van der Waals surface area contributed by atoms with Crippen molar-refractivity contribution in [3.05, 3.63) is 41.2 Å². The minimum atomic E-state index is -0.108. The molecule has 1 aromatic carbocycles. The molecule has 140 valence electrons. The van der Waals surface area contributed by atoms with Crippen LogP contribution in [-0.4, -0.2) is 49.2 Å². The summed E-state index contributed by atoms with van der Waals surface area (Å²) in [5, 5.41) is 10.1. The van der Waals surface area contributed by atoms with Gasteiger partial charge in [-0.05, 0) is 51.8 Å². The van der Waals surface area contributed by atoms with Gasteiger partial charge in [-0.1, -0.05) is 0 Å². The third-order valence-corrected chi connectivity index (χ3v) is 5.01. The molecule has 1 atom stereocenters. The molecule has 0 saturated carbocycles. The number of benzene rings is 1. The fraction of sp³-hybridized carbons (Fsp3) is 0.421. The molecule has 3 heterocycles. The van der Waals surface area contributed by atoms with Gasteiger partial charge < -0.3 is 10.2 Å². The lowest BCUT2D eigenvalue weighted by Gasteiger charge is -2.31. The number of nitrogens with zero attached hydrogens (tertiary/aromatic N) is 5. The largest absolute Gasteiger partial charge is 0.324 e. The van der Waals surface area contributed by atoms with Gasteiger partial charge >= 0.3 is 6.03 Å². The molecule has 1 aliphatic rings. The van der Waals surface area contributed by atoms with Crippen LogP contribution >= 0.6 is 0 Å². The summed E-state index contributed by atoms with van der Waals surface area (Å²) in [5.74, 6) is 1.76. The molecule has 0 bridgehead atoms. The van der Waals surface area contributed by atoms with E-state index in [1.165, 1.54) is 0 Å². The molecule has 0 spiro atoms. The van der Waals surface area contributed by atoms with Crippen molar-refractivity contribution in [2.24, 2.45) is 0 Å². The molecule has 2 N–H and O–H groups in total. The number of aromatic amines is 1. The SMILES string of the molecule is Cc1nc(C2CCCN(C(=O)Nc3ccc4nc(C)c(C)nc4c3)C2)n[nH]1. The van der Waals surface area contributed by atoms with Crippen LogP contribution in [0.4, 0.5) is 10.5 Å². The zero-order chi connectivity index (χ0) is 19.0. The minimum absolute atomic E-state index is 0.108. The highest BCUT2D eigenvalue weighted by molar-refractivity contribution is 5.92. The number of fused-ring (bicyclic) bond motifs is 1. The summed E-state index contributed by atoms with van der Waals surface area (Å²) < 4.78 is 0. The number of urea groups is 1. The second kappa shape index (κ2) is 6.94. The maximum Gasteiger partial charge on any atom is 0.321 e. The highest BCUT2D eigenvalue weighted by Crippen LogP contribution is 2.25. The third kappa shape index (κ3) is 3.60. The number of hydrogen-bond donors (Lipinski definition) is 2. The van der Waals surface area contributed by atoms with Gasteiger partial charge in [0.1, 0.15) is 5.82 Å². The Morgan fingerprint density at radius 1 is 1.15 bits per heavy atom. The van der Waals surface area contributed by atoms with Crippen LogP contribution in [0.15, 0.2) is 18.2 Å². The van der Waals surface area contributed by atoms with Crippen molar-refractivity contribution in [3.8, 4) is 0 Å². The fourth-order valence-corrected chi connectivity index (χ4v) is 3.43. The molecule has 4 rings (SSSR count). The van der Waals surface area contributed by atoms with Gasteiger partial charge in [0.2, 0.25) is 0 Å². The molecule has 2 aromatic heterocycles. The normalized spacial score (nSPS) is 17.3. The topological polar surface area (TPSA) is 99.7 Å². The quantitative estimate of drug-likeness (QED) is 0.727. The van der Waals surface area contributed by atoms with Crippen molar-refractivity contribution >= 4 is 22.8 Å². The maximum atomic E-state index is 12.7. The van der Waals surface area contributed by atoms with Crippen LogP contribution in [0.3, 0.4) is 0 Å². The molecule has 8 heteroatoms. The third-order valence-electron chi connectivity index (χ3n) is 5.01. The summed E-state index contributed by atoms with van der Waals surface area (Å²) in [6.07, 6.45) is 1.93. The van der Waals surface area contributed by atoms with E-state index in [9.17, 15) is 4.79 Å². The van der Waals surface area contributed by atoms with Gasteiger partial charge in [-0.15, -0.1) is 0 Å². The van der Waals surface area contributed by atoms with Gasteiger partial charge in [-0.25, -0.2) is 19.7 Å². The van der Waals surface area contributed by atoms with Crippen molar-refractivity contribution in [1.29, 1.82) is 0 Å². The van der Waals surface area contributed by atoms with Crippen LogP contribution in [-0.2, 0) is 0 Å². The molecule has 27 heavy (non-hydrogen) atoms. The molecule has 1 aliphatic heterocycles. The summed E-state index contributed by atoms with van der Waals surface area (Å²) in [5.41, 5.74) is 4.14. The average Bonchev–Trinajstić information content (AvgIpc) is 3.09. The van der Waals surface area contributed by atoms with Crippen LogP contribution in [0.2, 0.25) is 0 Å². The van der Waals surface area contributed by atoms with Crippen LogP contribution in [0.5, 0.6) is 0 Å². The van der Waals surface area contributed by atoms with Gasteiger partial charge in [0, 0.05) is 24.7 Å². The Kier molecular flexibility index (Phi) is 4.47. The predicted molar refractivity (Wildman–Crippen MR) is 103 cm³/mol. The van der Waals surface area contributed by atoms with Crippen LogP contribution in [0.1, 0.15) is 41.8 Å². The second-order valence-corrected chi connectivity index (χ2v) is 7.09. The first kappa shape index (κ1) is 17.4. The van der Waals surface area contributed by atoms with Gasteiger partial charge in [-0.2, -0.15) is 5.10 Å². The number of amides is 2. The lowest BCUT2D eigenvalue weighted by atomic mass is 9.98. The Bertz CT molecular complexity index is 997. The Hall–Kier alpha value is -3.03. The van der Waals surface area contributed by atoms with E-state index in [2.05, 4.69) is 30.5 Å². The van der Waals surface area contributed by atoms with E-state index in [0.29, 0.717) is 6.54 Å². The summed E-state index contributed by atoms with van der Waals surface area (Å²) in [4.78, 5) is 28.1. The first-order valence-corrected chi connectivity index (χ1v) is 9.19. The lowest BCUT2D eigenvalue weighted by Crippen LogP contribution is -2.41. The van der Waals surface area contributed by atoms with E-state index in [1.807, 2.05) is 43.9 Å². The smallest absolute Gasteiger partial charge is 0.321 e. The zero-order valence-electron chi connectivity index (χ0n) is 15.8. The van der Waals surface area contributed by atoms with Crippen LogP contribution in [0.25, 0.3) is 11.0 Å². The van der Waals surface area contributed by atoms with Gasteiger partial charge in [-0.3, -0.25) is 5.10 Å². The Morgan fingerprint density at radius 2 is 1.93 bits per heavy atom. The van der Waals surface area contributed by atoms with Crippen molar-refractivity contribution in [2.75, 3.05) is 18.4 Å². The molecular weight excluding hydrogens is 342 g/mol. The van der Waals surface area contributed by atoms with E-state index in [1.54, 1.807) is 0 Å². The molecule has 0 aliphatic carbocycles. The first-order chi connectivity index (χ1) is 13.0. The lowest BCUT2D eigenvalue weighted by molar-refractivity contribution is 0.191. The summed E-state index contributed by atoms with van der Waals surface area (Å²) in [6, 6.07) is 5.51. The molecule has 1 unspecified atom stereocenters. The monoisotopic (exact) mass is 365 g/mol. The zero-order valence-corrected chi connectivity index (χ0v) is 15.8. The molecule has 0 radical (unpaired) electrons. The van der Waals surface area contributed by atoms with Crippen molar-refractivity contribution in [2.45, 2.75) is 39.5 Å². The number of anilines is 1. The highest BCUT2D eigenvalue weighted by atomic mass is 16.2. The first-order valence-electron chi connectivity index (χ1n) is 9.19. The van der Waals surface area contributed by atoms with Gasteiger partial charge in [0.05, 0.1) is 22.4 Å². The average molecular weight is 365 g/mol. The number of aromatic nitrogens is 5. The predicted octanol–water partition coefficient (Wildman–Crippen LogP) is 3.08. The molecule has 8 nitrogen and oxygen atoms in total. The van der Waals surface area contributed by atoms with E-state index in [-0.39, 0.29) is 11.9 Å². The molecule has 1 saturated heterocycles. The molecule has 3 aromatic rings. The molecule has 2 amide bonds. The number of aryl methyl sites for hydroxylation is 3. The molecule has 1 fully saturated rings. The van der Waals surface area contributed by atoms with Crippen LogP contribution < -0.4 is 5.32 Å². The Balaban J connectivity index is 1.48. The van der Waals surface area contributed by atoms with Crippen molar-refractivity contribution in [1.82, 2.24) is 30.0 Å². The van der Waals surface area contributed by atoms with E-state index < -0.39 is 0 Å². The Morgan fingerprint density at radius 3 is 2.67 bits per heavy atom. The summed E-state index contributed by atoms with van der Waals surface area (Å²) >= 11 is 0. The van der Waals surface area contributed by atoms with Gasteiger partial charge in [0.25, 0.3) is 0 Å². The number of likely N-dealkylation sites (tertiary alicyclic amines) is 1. The number of piperidine rings is 1. The second-order valence-electron chi connectivity index (χ2n) is 7.09.